The summed E-state index contributed by atoms with van der Waals surface area (Å²) in [5, 5.41) is 10.00. The molecule has 0 radical (unpaired) electrons. The molecule has 0 spiro atoms. The Labute approximate surface area is 155 Å². The number of aryl methyl sites for hydroxylation is 1. The number of nitrogens with one attached hydrogen (secondary N) is 2. The molecule has 1 aromatic heterocycles. The number of anilines is 1. The van der Waals surface area contributed by atoms with Crippen molar-refractivity contribution in [1.82, 2.24) is 15.6 Å². The Morgan fingerprint density at radius 2 is 2.00 bits per heavy atom. The van der Waals surface area contributed by atoms with E-state index in [1.165, 1.54) is 10.7 Å². The number of guanidine groups is 1. The van der Waals surface area contributed by atoms with Gasteiger partial charge in [-0.1, -0.05) is 25.1 Å². The van der Waals surface area contributed by atoms with E-state index in [-0.39, 0.29) is 0 Å². The van der Waals surface area contributed by atoms with Crippen LogP contribution in [0.3, 0.4) is 0 Å². The summed E-state index contributed by atoms with van der Waals surface area (Å²) in [5.74, 6) is 0.828. The molecule has 0 aliphatic rings. The van der Waals surface area contributed by atoms with E-state index in [0.29, 0.717) is 6.54 Å². The summed E-state index contributed by atoms with van der Waals surface area (Å²) in [6.45, 7) is 7.96. The molecular weight excluding hydrogens is 330 g/mol. The van der Waals surface area contributed by atoms with E-state index in [9.17, 15) is 0 Å². The van der Waals surface area contributed by atoms with E-state index < -0.39 is 0 Å². The molecule has 0 aliphatic carbocycles. The first-order valence-corrected chi connectivity index (χ1v) is 9.82. The highest BCUT2D eigenvalue weighted by molar-refractivity contribution is 7.09. The second kappa shape index (κ2) is 10.7. The Morgan fingerprint density at radius 1 is 1.20 bits per heavy atom. The highest BCUT2D eigenvalue weighted by Gasteiger charge is 2.04. The number of hydrogen-bond acceptors (Lipinski definition) is 4. The molecule has 0 bridgehead atoms. The molecule has 2 aromatic rings. The van der Waals surface area contributed by atoms with Crippen LogP contribution in [-0.2, 0) is 13.0 Å². The van der Waals surface area contributed by atoms with Gasteiger partial charge in [-0.3, -0.25) is 4.99 Å². The Morgan fingerprint density at radius 3 is 2.64 bits per heavy atom. The van der Waals surface area contributed by atoms with Crippen LogP contribution in [-0.4, -0.2) is 37.6 Å². The lowest BCUT2D eigenvalue weighted by atomic mass is 10.2. The SMILES string of the molecule is CCc1nc(CNC(=NC)NCCCN(CC)c2ccccc2)cs1. The Hall–Kier alpha value is -2.08. The number of aromatic nitrogens is 1. The maximum absolute atomic E-state index is 4.57. The minimum absolute atomic E-state index is 0.710. The molecule has 6 heteroatoms. The third-order valence-corrected chi connectivity index (χ3v) is 5.00. The number of nitrogens with zero attached hydrogens (tertiary/aromatic N) is 3. The lowest BCUT2D eigenvalue weighted by Gasteiger charge is -2.23. The normalized spacial score (nSPS) is 11.4. The van der Waals surface area contributed by atoms with Crippen LogP contribution in [0, 0.1) is 0 Å². The Kier molecular flexibility index (Phi) is 8.25. The number of thiazole rings is 1. The van der Waals surface area contributed by atoms with Gasteiger partial charge in [0.15, 0.2) is 5.96 Å². The topological polar surface area (TPSA) is 52.6 Å². The van der Waals surface area contributed by atoms with E-state index in [4.69, 9.17) is 0 Å². The largest absolute Gasteiger partial charge is 0.372 e. The highest BCUT2D eigenvalue weighted by Crippen LogP contribution is 2.12. The molecule has 2 rings (SSSR count). The van der Waals surface area contributed by atoms with Crippen LogP contribution in [0.4, 0.5) is 5.69 Å². The van der Waals surface area contributed by atoms with Crippen LogP contribution in [0.1, 0.15) is 31.0 Å². The van der Waals surface area contributed by atoms with Crippen LogP contribution in [0.15, 0.2) is 40.7 Å². The van der Waals surface area contributed by atoms with Gasteiger partial charge in [-0.2, -0.15) is 0 Å². The van der Waals surface area contributed by atoms with E-state index in [0.717, 1.165) is 44.1 Å². The molecule has 0 amide bonds. The molecule has 0 saturated carbocycles. The maximum atomic E-state index is 4.57. The molecule has 136 valence electrons. The fourth-order valence-corrected chi connectivity index (χ4v) is 3.32. The predicted molar refractivity (Wildman–Crippen MR) is 109 cm³/mol. The van der Waals surface area contributed by atoms with Gasteiger partial charge in [0.05, 0.1) is 17.2 Å². The first kappa shape index (κ1) is 19.2. The summed E-state index contributed by atoms with van der Waals surface area (Å²) >= 11 is 1.72. The molecule has 1 heterocycles. The monoisotopic (exact) mass is 359 g/mol. The minimum atomic E-state index is 0.710. The maximum Gasteiger partial charge on any atom is 0.191 e. The van der Waals surface area contributed by atoms with Gasteiger partial charge in [-0.25, -0.2) is 4.98 Å². The number of hydrogen-bond donors (Lipinski definition) is 2. The summed E-state index contributed by atoms with van der Waals surface area (Å²) in [4.78, 5) is 11.2. The third kappa shape index (κ3) is 6.38. The van der Waals surface area contributed by atoms with Crippen molar-refractivity contribution in [2.24, 2.45) is 4.99 Å². The van der Waals surface area contributed by atoms with Crippen LogP contribution >= 0.6 is 11.3 Å². The zero-order valence-electron chi connectivity index (χ0n) is 15.5. The van der Waals surface area contributed by atoms with Gasteiger partial charge < -0.3 is 15.5 Å². The van der Waals surface area contributed by atoms with Crippen molar-refractivity contribution in [2.75, 3.05) is 31.6 Å². The van der Waals surface area contributed by atoms with E-state index in [1.54, 1.807) is 18.4 Å². The van der Waals surface area contributed by atoms with Crippen LogP contribution < -0.4 is 15.5 Å². The van der Waals surface area contributed by atoms with Crippen molar-refractivity contribution in [3.8, 4) is 0 Å². The summed E-state index contributed by atoms with van der Waals surface area (Å²) in [5.41, 5.74) is 2.36. The zero-order chi connectivity index (χ0) is 17.9. The average Bonchev–Trinajstić information content (AvgIpc) is 3.13. The molecule has 5 nitrogen and oxygen atoms in total. The van der Waals surface area contributed by atoms with Crippen LogP contribution in [0.25, 0.3) is 0 Å². The van der Waals surface area contributed by atoms with Crippen LogP contribution in [0.2, 0.25) is 0 Å². The number of para-hydroxylation sites is 1. The van der Waals surface area contributed by atoms with Crippen molar-refractivity contribution in [1.29, 1.82) is 0 Å². The molecule has 2 N–H and O–H groups in total. The average molecular weight is 360 g/mol. The molecule has 0 fully saturated rings. The van der Waals surface area contributed by atoms with Gasteiger partial charge in [-0.15, -0.1) is 11.3 Å². The van der Waals surface area contributed by atoms with Crippen molar-refractivity contribution < 1.29 is 0 Å². The summed E-state index contributed by atoms with van der Waals surface area (Å²) in [6, 6.07) is 10.6. The number of rotatable bonds is 9. The van der Waals surface area contributed by atoms with E-state index in [1.807, 2.05) is 0 Å². The fraction of sp³-hybridized carbons (Fsp3) is 0.474. The first-order chi connectivity index (χ1) is 12.3. The van der Waals surface area contributed by atoms with Crippen molar-refractivity contribution in [3.63, 3.8) is 0 Å². The number of aliphatic imine (C=N–C) groups is 1. The van der Waals surface area contributed by atoms with Crippen LogP contribution in [0.5, 0.6) is 0 Å². The molecular formula is C19H29N5S. The van der Waals surface area contributed by atoms with Gasteiger partial charge in [0, 0.05) is 37.7 Å². The summed E-state index contributed by atoms with van der Waals surface area (Å²) in [7, 11) is 1.80. The van der Waals surface area contributed by atoms with Gasteiger partial charge >= 0.3 is 0 Å². The quantitative estimate of drug-likeness (QED) is 0.410. The molecule has 1 aromatic carbocycles. The fourth-order valence-electron chi connectivity index (χ4n) is 2.57. The second-order valence-electron chi connectivity index (χ2n) is 5.71. The van der Waals surface area contributed by atoms with Crippen molar-refractivity contribution in [3.05, 3.63) is 46.4 Å². The van der Waals surface area contributed by atoms with E-state index in [2.05, 4.69) is 75.1 Å². The van der Waals surface area contributed by atoms with Gasteiger partial charge in [0.1, 0.15) is 0 Å². The number of benzene rings is 1. The molecule has 25 heavy (non-hydrogen) atoms. The minimum Gasteiger partial charge on any atom is -0.372 e. The summed E-state index contributed by atoms with van der Waals surface area (Å²) in [6.07, 6.45) is 2.05. The second-order valence-corrected chi connectivity index (χ2v) is 6.65. The van der Waals surface area contributed by atoms with Gasteiger partial charge in [-0.05, 0) is 31.9 Å². The lowest BCUT2D eigenvalue weighted by Crippen LogP contribution is -2.38. The van der Waals surface area contributed by atoms with Crippen molar-refractivity contribution in [2.45, 2.75) is 33.2 Å². The first-order valence-electron chi connectivity index (χ1n) is 8.94. The molecule has 0 unspecified atom stereocenters. The smallest absolute Gasteiger partial charge is 0.191 e. The molecule has 0 saturated heterocycles. The summed E-state index contributed by atoms with van der Waals surface area (Å²) < 4.78 is 0. The zero-order valence-corrected chi connectivity index (χ0v) is 16.3. The van der Waals surface area contributed by atoms with Gasteiger partial charge in [0.2, 0.25) is 0 Å². The van der Waals surface area contributed by atoms with E-state index >= 15 is 0 Å². The Bertz CT molecular complexity index is 638. The molecule has 0 aliphatic heterocycles. The molecule has 0 atom stereocenters. The lowest BCUT2D eigenvalue weighted by molar-refractivity contribution is 0.707. The standard InChI is InChI=1S/C19H29N5S/c1-4-18-23-16(15-25-18)14-22-19(20-3)21-12-9-13-24(5-2)17-10-7-6-8-11-17/h6-8,10-11,15H,4-5,9,12-14H2,1-3H3,(H2,20,21,22). The van der Waals surface area contributed by atoms with Crippen molar-refractivity contribution >= 4 is 23.0 Å². The Balaban J connectivity index is 1.70. The highest BCUT2D eigenvalue weighted by atomic mass is 32.1. The van der Waals surface area contributed by atoms with Gasteiger partial charge in [0.25, 0.3) is 0 Å². The predicted octanol–water partition coefficient (Wildman–Crippen LogP) is 3.29. The third-order valence-electron chi connectivity index (χ3n) is 3.96.